The molecule has 3 rings (SSSR count). The van der Waals surface area contributed by atoms with Crippen molar-refractivity contribution in [2.75, 3.05) is 11.9 Å². The number of furan rings is 1. The molecule has 0 radical (unpaired) electrons. The molecule has 28 heavy (non-hydrogen) atoms. The number of benzene rings is 1. The van der Waals surface area contributed by atoms with Crippen molar-refractivity contribution < 1.29 is 28.7 Å². The van der Waals surface area contributed by atoms with Crippen molar-refractivity contribution in [2.45, 2.75) is 32.6 Å². The van der Waals surface area contributed by atoms with E-state index < -0.39 is 24.3 Å². The fourth-order valence-electron chi connectivity index (χ4n) is 3.18. The molecule has 8 nitrogen and oxygen atoms in total. The number of carboxylic acid groups (broad SMARTS) is 1. The molecule has 0 unspecified atom stereocenters. The largest absolute Gasteiger partial charge is 0.480 e. The minimum atomic E-state index is -1.11. The van der Waals surface area contributed by atoms with Gasteiger partial charge in [0.15, 0.2) is 11.5 Å². The molecule has 3 N–H and O–H groups in total. The second kappa shape index (κ2) is 8.08. The monoisotopic (exact) mass is 384 g/mol. The van der Waals surface area contributed by atoms with Gasteiger partial charge in [-0.1, -0.05) is 12.1 Å². The second-order valence-electron chi connectivity index (χ2n) is 6.63. The van der Waals surface area contributed by atoms with E-state index >= 15 is 0 Å². The summed E-state index contributed by atoms with van der Waals surface area (Å²) in [6, 6.07) is 6.61. The zero-order chi connectivity index (χ0) is 20.3. The van der Waals surface area contributed by atoms with Crippen molar-refractivity contribution in [2.24, 2.45) is 0 Å². The number of amides is 2. The Hall–Kier alpha value is -3.42. The third kappa shape index (κ3) is 4.28. The van der Waals surface area contributed by atoms with Crippen LogP contribution in [0.25, 0.3) is 0 Å². The first kappa shape index (κ1) is 19.3. The summed E-state index contributed by atoms with van der Waals surface area (Å²) in [4.78, 5) is 46.7. The molecule has 0 saturated carbocycles. The molecular formula is C20H20N2O6. The minimum Gasteiger partial charge on any atom is -0.480 e. The van der Waals surface area contributed by atoms with Gasteiger partial charge in [0, 0.05) is 24.1 Å². The smallest absolute Gasteiger partial charge is 0.322 e. The Balaban J connectivity index is 1.64. The number of hydrogen-bond acceptors (Lipinski definition) is 5. The average molecular weight is 384 g/mol. The number of ketones is 1. The highest BCUT2D eigenvalue weighted by molar-refractivity contribution is 6.07. The van der Waals surface area contributed by atoms with Gasteiger partial charge in [-0.25, -0.2) is 0 Å². The molecule has 2 aromatic rings. The molecule has 2 amide bonds. The number of aryl methyl sites for hydroxylation is 1. The standard InChI is InChI=1S/C20H20N2O6/c1-11-18-14(23)3-2-4-15(18)28-19(11)20(27)22-13-7-5-12(6-8-13)9-16(24)21-10-17(25)26/h5-8H,2-4,9-10H2,1H3,(H,21,24)(H,22,27)(H,25,26). The maximum Gasteiger partial charge on any atom is 0.322 e. The Morgan fingerprint density at radius 1 is 1.14 bits per heavy atom. The molecule has 146 valence electrons. The summed E-state index contributed by atoms with van der Waals surface area (Å²) in [5.74, 6) is -1.23. The predicted molar refractivity (Wildman–Crippen MR) is 99.5 cm³/mol. The van der Waals surface area contributed by atoms with E-state index in [0.717, 1.165) is 6.42 Å². The third-order valence-corrected chi connectivity index (χ3v) is 4.53. The van der Waals surface area contributed by atoms with E-state index in [0.29, 0.717) is 41.0 Å². The highest BCUT2D eigenvalue weighted by atomic mass is 16.4. The number of hydrogen-bond donors (Lipinski definition) is 3. The van der Waals surface area contributed by atoms with Crippen molar-refractivity contribution in [1.82, 2.24) is 5.32 Å². The van der Waals surface area contributed by atoms with Crippen molar-refractivity contribution in [3.8, 4) is 0 Å². The number of rotatable bonds is 6. The Labute approximate surface area is 160 Å². The molecule has 8 heteroatoms. The number of nitrogens with one attached hydrogen (secondary N) is 2. The first-order chi connectivity index (χ1) is 13.3. The van der Waals surface area contributed by atoms with Gasteiger partial charge in [0.25, 0.3) is 5.91 Å². The molecule has 1 aliphatic carbocycles. The van der Waals surface area contributed by atoms with Gasteiger partial charge < -0.3 is 20.2 Å². The van der Waals surface area contributed by atoms with Gasteiger partial charge in [-0.2, -0.15) is 0 Å². The number of anilines is 1. The molecule has 0 bridgehead atoms. The number of Topliss-reactive ketones (excluding diaryl/α,β-unsaturated/α-hetero) is 1. The normalized spacial score (nSPS) is 13.0. The minimum absolute atomic E-state index is 0.00655. The van der Waals surface area contributed by atoms with Gasteiger partial charge in [0.05, 0.1) is 12.0 Å². The van der Waals surface area contributed by atoms with Gasteiger partial charge in [0.2, 0.25) is 5.91 Å². The SMILES string of the molecule is Cc1c(C(=O)Nc2ccc(CC(=O)NCC(=O)O)cc2)oc2c1C(=O)CCC2. The fraction of sp³-hybridized carbons (Fsp3) is 0.300. The maximum atomic E-state index is 12.5. The summed E-state index contributed by atoms with van der Waals surface area (Å²) in [5, 5.41) is 13.6. The quantitative estimate of drug-likeness (QED) is 0.700. The summed E-state index contributed by atoms with van der Waals surface area (Å²) in [6.45, 7) is 1.28. The van der Waals surface area contributed by atoms with E-state index in [1.54, 1.807) is 31.2 Å². The fourth-order valence-corrected chi connectivity index (χ4v) is 3.18. The lowest BCUT2D eigenvalue weighted by Crippen LogP contribution is -2.30. The summed E-state index contributed by atoms with van der Waals surface area (Å²) in [6.07, 6.45) is 1.87. The molecule has 0 spiro atoms. The first-order valence-electron chi connectivity index (χ1n) is 8.89. The van der Waals surface area contributed by atoms with E-state index in [9.17, 15) is 19.2 Å². The third-order valence-electron chi connectivity index (χ3n) is 4.53. The van der Waals surface area contributed by atoms with Gasteiger partial charge in [-0.15, -0.1) is 0 Å². The van der Waals surface area contributed by atoms with Crippen molar-refractivity contribution in [3.63, 3.8) is 0 Å². The molecule has 1 aromatic heterocycles. The van der Waals surface area contributed by atoms with Gasteiger partial charge in [-0.3, -0.25) is 19.2 Å². The lowest BCUT2D eigenvalue weighted by molar-refractivity contribution is -0.137. The van der Waals surface area contributed by atoms with Crippen molar-refractivity contribution in [1.29, 1.82) is 0 Å². The van der Waals surface area contributed by atoms with Crippen LogP contribution in [0.2, 0.25) is 0 Å². The number of carbonyl (C=O) groups excluding carboxylic acids is 3. The molecule has 1 heterocycles. The van der Waals surface area contributed by atoms with Crippen LogP contribution < -0.4 is 10.6 Å². The van der Waals surface area contributed by atoms with Crippen LogP contribution in [0.3, 0.4) is 0 Å². The highest BCUT2D eigenvalue weighted by Crippen LogP contribution is 2.29. The van der Waals surface area contributed by atoms with Crippen LogP contribution >= 0.6 is 0 Å². The zero-order valence-corrected chi connectivity index (χ0v) is 15.3. The van der Waals surface area contributed by atoms with Crippen molar-refractivity contribution in [3.05, 3.63) is 52.5 Å². The molecule has 0 atom stereocenters. The van der Waals surface area contributed by atoms with Crippen LogP contribution in [-0.2, 0) is 22.4 Å². The number of fused-ring (bicyclic) bond motifs is 1. The van der Waals surface area contributed by atoms with Crippen LogP contribution in [0.15, 0.2) is 28.7 Å². The number of aliphatic carboxylic acids is 1. The van der Waals surface area contributed by atoms with Crippen LogP contribution in [0.1, 0.15) is 50.6 Å². The van der Waals surface area contributed by atoms with Crippen LogP contribution in [-0.4, -0.2) is 35.2 Å². The first-order valence-corrected chi connectivity index (χ1v) is 8.89. The van der Waals surface area contributed by atoms with Gasteiger partial charge in [-0.05, 0) is 31.0 Å². The topological polar surface area (TPSA) is 126 Å². The lowest BCUT2D eigenvalue weighted by atomic mass is 9.94. The molecular weight excluding hydrogens is 364 g/mol. The van der Waals surface area contributed by atoms with Crippen molar-refractivity contribution >= 4 is 29.3 Å². The Morgan fingerprint density at radius 2 is 1.86 bits per heavy atom. The maximum absolute atomic E-state index is 12.5. The van der Waals surface area contributed by atoms with E-state index in [4.69, 9.17) is 9.52 Å². The van der Waals surface area contributed by atoms with E-state index in [2.05, 4.69) is 10.6 Å². The average Bonchev–Trinajstić information content (AvgIpc) is 3.00. The molecule has 0 aliphatic heterocycles. The Kier molecular flexibility index (Phi) is 5.58. The van der Waals surface area contributed by atoms with E-state index in [-0.39, 0.29) is 18.0 Å². The highest BCUT2D eigenvalue weighted by Gasteiger charge is 2.28. The predicted octanol–water partition coefficient (Wildman–Crippen LogP) is 2.10. The summed E-state index contributed by atoms with van der Waals surface area (Å²) in [5.41, 5.74) is 2.28. The molecule has 1 aromatic carbocycles. The summed E-state index contributed by atoms with van der Waals surface area (Å²) in [7, 11) is 0. The van der Waals surface area contributed by atoms with E-state index in [1.165, 1.54) is 0 Å². The number of carboxylic acids is 1. The number of carbonyl (C=O) groups is 4. The second-order valence-corrected chi connectivity index (χ2v) is 6.63. The lowest BCUT2D eigenvalue weighted by Gasteiger charge is -2.07. The zero-order valence-electron chi connectivity index (χ0n) is 15.3. The van der Waals surface area contributed by atoms with E-state index in [1.807, 2.05) is 0 Å². The van der Waals surface area contributed by atoms with Gasteiger partial charge >= 0.3 is 5.97 Å². The molecule has 0 saturated heterocycles. The van der Waals surface area contributed by atoms with Crippen LogP contribution in [0, 0.1) is 6.92 Å². The van der Waals surface area contributed by atoms with Crippen LogP contribution in [0.5, 0.6) is 0 Å². The Morgan fingerprint density at radius 3 is 2.50 bits per heavy atom. The summed E-state index contributed by atoms with van der Waals surface area (Å²) < 4.78 is 5.63. The molecule has 1 aliphatic rings. The summed E-state index contributed by atoms with van der Waals surface area (Å²) >= 11 is 0. The molecule has 0 fully saturated rings. The van der Waals surface area contributed by atoms with Gasteiger partial charge in [0.1, 0.15) is 12.3 Å². The Bertz CT molecular complexity index is 942. The van der Waals surface area contributed by atoms with Crippen LogP contribution in [0.4, 0.5) is 5.69 Å².